The quantitative estimate of drug-likeness (QED) is 0.643. The fourth-order valence-corrected chi connectivity index (χ4v) is 4.52. The number of amides is 1. The van der Waals surface area contributed by atoms with Gasteiger partial charge in [-0.05, 0) is 70.9 Å². The lowest BCUT2D eigenvalue weighted by molar-refractivity contribution is -0.0829. The molecule has 3 atom stereocenters. The molecule has 174 valence electrons. The number of hydrogen-bond donors (Lipinski definition) is 1. The van der Waals surface area contributed by atoms with Gasteiger partial charge in [-0.2, -0.15) is 0 Å². The molecule has 2 aromatic rings. The van der Waals surface area contributed by atoms with Crippen molar-refractivity contribution in [3.8, 4) is 0 Å². The summed E-state index contributed by atoms with van der Waals surface area (Å²) < 4.78 is 12.2. The lowest BCUT2D eigenvalue weighted by Crippen LogP contribution is -2.51. The average molecular weight is 440 g/mol. The third-order valence-electron chi connectivity index (χ3n) is 5.85. The predicted octanol–water partition coefficient (Wildman–Crippen LogP) is 5.21. The van der Waals surface area contributed by atoms with E-state index in [9.17, 15) is 9.90 Å². The molecule has 0 aromatic heterocycles. The molecule has 2 aromatic carbocycles. The van der Waals surface area contributed by atoms with Gasteiger partial charge in [0.2, 0.25) is 0 Å². The highest BCUT2D eigenvalue weighted by Crippen LogP contribution is 2.38. The molecule has 5 nitrogen and oxygen atoms in total. The Kier molecular flexibility index (Phi) is 7.63. The normalized spacial score (nSPS) is 21.4. The summed E-state index contributed by atoms with van der Waals surface area (Å²) in [5.41, 5.74) is 0.927. The van der Waals surface area contributed by atoms with E-state index in [2.05, 4.69) is 24.3 Å². The molecule has 0 aliphatic carbocycles. The smallest absolute Gasteiger partial charge is 0.412 e. The Morgan fingerprint density at radius 2 is 1.62 bits per heavy atom. The molecule has 1 N–H and O–H groups in total. The summed E-state index contributed by atoms with van der Waals surface area (Å²) >= 11 is 0. The van der Waals surface area contributed by atoms with Gasteiger partial charge in [0.25, 0.3) is 0 Å². The topological polar surface area (TPSA) is 59.0 Å². The number of rotatable bonds is 7. The van der Waals surface area contributed by atoms with E-state index in [4.69, 9.17) is 9.47 Å². The number of carbonyl (C=O) groups excluding carboxylic acids is 1. The van der Waals surface area contributed by atoms with Crippen LogP contribution in [0.25, 0.3) is 0 Å². The minimum absolute atomic E-state index is 0.0371. The second-order valence-electron chi connectivity index (χ2n) is 10.2. The van der Waals surface area contributed by atoms with Crippen LogP contribution in [0.15, 0.2) is 60.7 Å². The highest BCUT2D eigenvalue weighted by atomic mass is 16.6. The monoisotopic (exact) mass is 439 g/mol. The maximum Gasteiger partial charge on any atom is 0.412 e. The molecule has 0 unspecified atom stereocenters. The molecule has 1 aliphatic rings. The lowest BCUT2D eigenvalue weighted by atomic mass is 9.89. The molecule has 32 heavy (non-hydrogen) atoms. The Morgan fingerprint density at radius 1 is 1.06 bits per heavy atom. The molecular formula is C27H37NO4. The van der Waals surface area contributed by atoms with E-state index in [1.807, 2.05) is 71.0 Å². The second-order valence-corrected chi connectivity index (χ2v) is 10.2. The van der Waals surface area contributed by atoms with Crippen LogP contribution in [0.2, 0.25) is 0 Å². The zero-order valence-corrected chi connectivity index (χ0v) is 20.0. The van der Waals surface area contributed by atoms with Crippen molar-refractivity contribution in [2.45, 2.75) is 77.4 Å². The van der Waals surface area contributed by atoms with Gasteiger partial charge >= 0.3 is 6.09 Å². The standard InChI is InChI=1S/C27H37NO4/c1-26(2,3)32-25(30)28-23(17-21-14-10-7-11-15-21)24(31-27(28,4)5)18-22(19-29)16-20-12-8-6-9-13-20/h6-15,22-24,29H,16-19H2,1-5H3/t22-,23+,24+/m1/s1. The minimum Gasteiger partial charge on any atom is -0.444 e. The van der Waals surface area contributed by atoms with Gasteiger partial charge in [0.1, 0.15) is 11.3 Å². The van der Waals surface area contributed by atoms with E-state index in [1.165, 1.54) is 5.56 Å². The van der Waals surface area contributed by atoms with E-state index in [0.29, 0.717) is 12.8 Å². The number of benzene rings is 2. The van der Waals surface area contributed by atoms with Crippen molar-refractivity contribution in [2.75, 3.05) is 6.61 Å². The van der Waals surface area contributed by atoms with E-state index in [1.54, 1.807) is 4.90 Å². The third kappa shape index (κ3) is 6.33. The van der Waals surface area contributed by atoms with E-state index >= 15 is 0 Å². The van der Waals surface area contributed by atoms with Gasteiger partial charge in [0.05, 0.1) is 12.1 Å². The van der Waals surface area contributed by atoms with Crippen molar-refractivity contribution in [2.24, 2.45) is 5.92 Å². The molecular weight excluding hydrogens is 402 g/mol. The Balaban J connectivity index is 1.86. The second kappa shape index (κ2) is 10.1. The molecule has 1 heterocycles. The van der Waals surface area contributed by atoms with Crippen LogP contribution >= 0.6 is 0 Å². The van der Waals surface area contributed by atoms with Gasteiger partial charge in [-0.15, -0.1) is 0 Å². The Morgan fingerprint density at radius 3 is 2.16 bits per heavy atom. The average Bonchev–Trinajstić information content (AvgIpc) is 2.97. The van der Waals surface area contributed by atoms with Crippen LogP contribution in [-0.4, -0.2) is 46.2 Å². The Bertz CT molecular complexity index is 860. The summed E-state index contributed by atoms with van der Waals surface area (Å²) in [6.45, 7) is 9.53. The van der Waals surface area contributed by atoms with Crippen LogP contribution in [-0.2, 0) is 22.3 Å². The first-order valence-electron chi connectivity index (χ1n) is 11.5. The maximum atomic E-state index is 13.2. The fraction of sp³-hybridized carbons (Fsp3) is 0.519. The van der Waals surface area contributed by atoms with E-state index in [-0.39, 0.29) is 30.8 Å². The van der Waals surface area contributed by atoms with Crippen molar-refractivity contribution >= 4 is 6.09 Å². The summed E-state index contributed by atoms with van der Waals surface area (Å²) in [5.74, 6) is 0.0371. The first kappa shape index (κ1) is 24.3. The number of aliphatic hydroxyl groups excluding tert-OH is 1. The minimum atomic E-state index is -0.806. The highest BCUT2D eigenvalue weighted by molar-refractivity contribution is 5.70. The van der Waals surface area contributed by atoms with Crippen LogP contribution in [0.1, 0.15) is 52.2 Å². The zero-order valence-electron chi connectivity index (χ0n) is 20.0. The number of carbonyl (C=O) groups is 1. The molecule has 0 radical (unpaired) electrons. The highest BCUT2D eigenvalue weighted by Gasteiger charge is 2.51. The largest absolute Gasteiger partial charge is 0.444 e. The van der Waals surface area contributed by atoms with Crippen LogP contribution in [0.4, 0.5) is 4.79 Å². The summed E-state index contributed by atoms with van der Waals surface area (Å²) in [7, 11) is 0. The van der Waals surface area contributed by atoms with E-state index in [0.717, 1.165) is 12.0 Å². The molecule has 0 spiro atoms. The van der Waals surface area contributed by atoms with E-state index < -0.39 is 11.3 Å². The number of hydrogen-bond acceptors (Lipinski definition) is 4. The Hall–Kier alpha value is -2.37. The van der Waals surface area contributed by atoms with Crippen molar-refractivity contribution in [1.29, 1.82) is 0 Å². The van der Waals surface area contributed by atoms with Crippen LogP contribution in [0.3, 0.4) is 0 Å². The number of aliphatic hydroxyl groups is 1. The van der Waals surface area contributed by atoms with Gasteiger partial charge in [-0.3, -0.25) is 4.90 Å². The molecule has 0 saturated carbocycles. The summed E-state index contributed by atoms with van der Waals surface area (Å²) in [6, 6.07) is 20.1. The van der Waals surface area contributed by atoms with Gasteiger partial charge in [-0.25, -0.2) is 4.79 Å². The van der Waals surface area contributed by atoms with Gasteiger partial charge in [0.15, 0.2) is 0 Å². The number of ether oxygens (including phenoxy) is 2. The zero-order chi connectivity index (χ0) is 23.4. The lowest BCUT2D eigenvalue weighted by Gasteiger charge is -2.35. The van der Waals surface area contributed by atoms with Crippen LogP contribution in [0.5, 0.6) is 0 Å². The van der Waals surface area contributed by atoms with Gasteiger partial charge in [-0.1, -0.05) is 60.7 Å². The summed E-state index contributed by atoms with van der Waals surface area (Å²) in [4.78, 5) is 15.0. The maximum absolute atomic E-state index is 13.2. The molecule has 1 saturated heterocycles. The number of nitrogens with zero attached hydrogens (tertiary/aromatic N) is 1. The molecule has 0 bridgehead atoms. The molecule has 1 amide bonds. The van der Waals surface area contributed by atoms with Crippen LogP contribution < -0.4 is 0 Å². The molecule has 5 heteroatoms. The fourth-order valence-electron chi connectivity index (χ4n) is 4.52. The molecule has 1 fully saturated rings. The van der Waals surface area contributed by atoms with Crippen molar-refractivity contribution in [3.05, 3.63) is 71.8 Å². The SMILES string of the molecule is CC(C)(C)OC(=O)N1[C@@H](Cc2ccccc2)[C@H](C[C@H](CO)Cc2ccccc2)OC1(C)C. The predicted molar refractivity (Wildman–Crippen MR) is 126 cm³/mol. The first-order valence-corrected chi connectivity index (χ1v) is 11.5. The Labute approximate surface area is 192 Å². The summed E-state index contributed by atoms with van der Waals surface area (Å²) in [6.07, 6.45) is 1.51. The van der Waals surface area contributed by atoms with Crippen LogP contribution in [0, 0.1) is 5.92 Å². The molecule has 1 aliphatic heterocycles. The van der Waals surface area contributed by atoms with Crippen molar-refractivity contribution < 1.29 is 19.4 Å². The van der Waals surface area contributed by atoms with Crippen molar-refractivity contribution in [1.82, 2.24) is 4.90 Å². The third-order valence-corrected chi connectivity index (χ3v) is 5.85. The van der Waals surface area contributed by atoms with Gasteiger partial charge < -0.3 is 14.6 Å². The first-order chi connectivity index (χ1) is 15.1. The van der Waals surface area contributed by atoms with Gasteiger partial charge in [0, 0.05) is 6.61 Å². The summed E-state index contributed by atoms with van der Waals surface area (Å²) in [5, 5.41) is 10.1. The van der Waals surface area contributed by atoms with Crippen molar-refractivity contribution in [3.63, 3.8) is 0 Å². The molecule has 3 rings (SSSR count).